The van der Waals surface area contributed by atoms with Crippen molar-refractivity contribution in [1.29, 1.82) is 0 Å². The van der Waals surface area contributed by atoms with Crippen LogP contribution in [0.25, 0.3) is 0 Å². The third-order valence-corrected chi connectivity index (χ3v) is 4.20. The van der Waals surface area contributed by atoms with Gasteiger partial charge >= 0.3 is 12.2 Å². The lowest BCUT2D eigenvalue weighted by Crippen LogP contribution is -1.90. The monoisotopic (exact) mass is 326 g/mol. The van der Waals surface area contributed by atoms with Crippen LogP contribution in [-0.2, 0) is 0 Å². The lowest BCUT2D eigenvalue weighted by molar-refractivity contribution is 0.373. The van der Waals surface area contributed by atoms with Crippen LogP contribution in [-0.4, -0.2) is 15.0 Å². The average molecular weight is 326 g/mol. The Labute approximate surface area is 114 Å². The molecule has 0 aliphatic rings. The number of halogens is 6. The van der Waals surface area contributed by atoms with Crippen LogP contribution < -0.4 is 0 Å². The molecule has 0 unspecified atom stereocenters. The first kappa shape index (κ1) is 17.8. The highest BCUT2D eigenvalue weighted by molar-refractivity contribution is 8.47. The SMILES string of the molecule is FC(F)=C(F)CCSC(=S)SCCC(F)=C(F)F. The summed E-state index contributed by atoms with van der Waals surface area (Å²) in [7, 11) is 0. The molecule has 0 heterocycles. The second-order valence-electron chi connectivity index (χ2n) is 2.78. The Morgan fingerprint density at radius 2 is 1.06 bits per heavy atom. The number of thioether (sulfide) groups is 2. The predicted octanol–water partition coefficient (Wildman–Crippen LogP) is 5.67. The Kier molecular flexibility index (Phi) is 9.66. The minimum atomic E-state index is -2.36. The van der Waals surface area contributed by atoms with E-state index in [0.29, 0.717) is 0 Å². The molecule has 0 spiro atoms. The van der Waals surface area contributed by atoms with Crippen LogP contribution in [0.4, 0.5) is 26.3 Å². The van der Waals surface area contributed by atoms with Gasteiger partial charge in [-0.1, -0.05) is 12.2 Å². The van der Waals surface area contributed by atoms with Crippen molar-refractivity contribution in [2.45, 2.75) is 12.8 Å². The molecule has 18 heavy (non-hydrogen) atoms. The first-order valence-electron chi connectivity index (χ1n) is 4.53. The summed E-state index contributed by atoms with van der Waals surface area (Å²) in [5.41, 5.74) is 0. The quantitative estimate of drug-likeness (QED) is 0.456. The normalized spacial score (nSPS) is 10.1. The number of hydrogen-bond donors (Lipinski definition) is 0. The zero-order valence-corrected chi connectivity index (χ0v) is 11.3. The summed E-state index contributed by atoms with van der Waals surface area (Å²) in [6.07, 6.45) is -5.64. The minimum Gasteiger partial charge on any atom is -0.206 e. The minimum absolute atomic E-state index is 0.0187. The molecule has 0 saturated carbocycles. The molecule has 0 fully saturated rings. The van der Waals surface area contributed by atoms with Gasteiger partial charge in [0.2, 0.25) is 0 Å². The fraction of sp³-hybridized carbons (Fsp3) is 0.444. The van der Waals surface area contributed by atoms with Gasteiger partial charge in [0, 0.05) is 24.3 Å². The average Bonchev–Trinajstić information content (AvgIpc) is 2.28. The molecule has 0 aromatic carbocycles. The zero-order chi connectivity index (χ0) is 14.1. The summed E-state index contributed by atoms with van der Waals surface area (Å²) < 4.78 is 71.6. The van der Waals surface area contributed by atoms with E-state index in [2.05, 4.69) is 0 Å². The molecule has 0 aromatic rings. The summed E-state index contributed by atoms with van der Waals surface area (Å²) in [4.78, 5) is 0. The van der Waals surface area contributed by atoms with E-state index in [9.17, 15) is 26.3 Å². The van der Waals surface area contributed by atoms with Gasteiger partial charge in [-0.25, -0.2) is 8.78 Å². The molecular formula is C9H8F6S3. The molecule has 0 radical (unpaired) electrons. The van der Waals surface area contributed by atoms with Gasteiger partial charge in [-0.2, -0.15) is 17.6 Å². The Bertz CT molecular complexity index is 312. The largest absolute Gasteiger partial charge is 0.301 e. The maximum absolute atomic E-state index is 12.3. The standard InChI is InChI=1S/C9H8F6S3/c10-5(7(12)13)1-3-17-9(16)18-4-2-6(11)8(14)15/h1-4H2. The van der Waals surface area contributed by atoms with Crippen molar-refractivity contribution in [3.05, 3.63) is 23.8 Å². The predicted molar refractivity (Wildman–Crippen MR) is 67.4 cm³/mol. The number of hydrogen-bond acceptors (Lipinski definition) is 3. The van der Waals surface area contributed by atoms with Crippen LogP contribution in [0.15, 0.2) is 23.8 Å². The molecule has 0 nitrogen and oxygen atoms in total. The molecule has 0 N–H and O–H groups in total. The highest BCUT2D eigenvalue weighted by Gasteiger charge is 2.08. The summed E-state index contributed by atoms with van der Waals surface area (Å²) in [5, 5.41) is 0. The first-order valence-corrected chi connectivity index (χ1v) is 6.91. The van der Waals surface area contributed by atoms with Crippen molar-refractivity contribution in [3.63, 3.8) is 0 Å². The molecular weight excluding hydrogens is 318 g/mol. The van der Waals surface area contributed by atoms with Gasteiger partial charge in [-0.15, -0.1) is 23.5 Å². The number of allylic oxidation sites excluding steroid dienone is 2. The highest BCUT2D eigenvalue weighted by Crippen LogP contribution is 2.24. The van der Waals surface area contributed by atoms with Gasteiger partial charge in [0.25, 0.3) is 0 Å². The fourth-order valence-corrected chi connectivity index (χ4v) is 2.91. The lowest BCUT2D eigenvalue weighted by atomic mass is 10.4. The van der Waals surface area contributed by atoms with Crippen molar-refractivity contribution in [1.82, 2.24) is 0 Å². The topological polar surface area (TPSA) is 0 Å². The van der Waals surface area contributed by atoms with Crippen molar-refractivity contribution in [2.24, 2.45) is 0 Å². The summed E-state index contributed by atoms with van der Waals surface area (Å²) in [6, 6.07) is 0. The van der Waals surface area contributed by atoms with E-state index < -0.39 is 36.7 Å². The van der Waals surface area contributed by atoms with Crippen LogP contribution in [0.1, 0.15) is 12.8 Å². The third kappa shape index (κ3) is 8.87. The van der Waals surface area contributed by atoms with Crippen LogP contribution in [0.3, 0.4) is 0 Å². The molecule has 0 saturated heterocycles. The first-order chi connectivity index (χ1) is 8.34. The van der Waals surface area contributed by atoms with E-state index >= 15 is 0 Å². The van der Waals surface area contributed by atoms with E-state index in [1.807, 2.05) is 0 Å². The molecule has 0 aromatic heterocycles. The third-order valence-electron chi connectivity index (χ3n) is 1.49. The van der Waals surface area contributed by atoms with Gasteiger partial charge < -0.3 is 0 Å². The molecule has 0 aliphatic heterocycles. The summed E-state index contributed by atoms with van der Waals surface area (Å²) in [5.74, 6) is -2.96. The molecule has 0 rings (SSSR count). The molecule has 0 aliphatic carbocycles. The van der Waals surface area contributed by atoms with E-state index in [1.165, 1.54) is 0 Å². The van der Waals surface area contributed by atoms with Crippen molar-refractivity contribution in [2.75, 3.05) is 11.5 Å². The van der Waals surface area contributed by atoms with Gasteiger partial charge in [0.05, 0.1) is 0 Å². The molecule has 9 heteroatoms. The Morgan fingerprint density at radius 3 is 1.33 bits per heavy atom. The summed E-state index contributed by atoms with van der Waals surface area (Å²) in [6.45, 7) is 0. The highest BCUT2D eigenvalue weighted by atomic mass is 32.2. The Morgan fingerprint density at radius 1 is 0.722 bits per heavy atom. The van der Waals surface area contributed by atoms with E-state index in [-0.39, 0.29) is 15.0 Å². The van der Waals surface area contributed by atoms with E-state index in [1.54, 1.807) is 0 Å². The van der Waals surface area contributed by atoms with Gasteiger partial charge in [0.1, 0.15) is 3.53 Å². The maximum Gasteiger partial charge on any atom is 0.301 e. The van der Waals surface area contributed by atoms with Crippen LogP contribution in [0.2, 0.25) is 0 Å². The second-order valence-corrected chi connectivity index (χ2v) is 6.17. The van der Waals surface area contributed by atoms with Crippen molar-refractivity contribution >= 4 is 39.3 Å². The van der Waals surface area contributed by atoms with E-state index in [4.69, 9.17) is 12.2 Å². The van der Waals surface area contributed by atoms with Crippen LogP contribution >= 0.6 is 35.7 Å². The molecule has 0 amide bonds. The van der Waals surface area contributed by atoms with Gasteiger partial charge in [-0.3, -0.25) is 0 Å². The number of rotatable bonds is 6. The zero-order valence-electron chi connectivity index (χ0n) is 8.82. The number of thiocarbonyl (C=S) groups is 1. The summed E-state index contributed by atoms with van der Waals surface area (Å²) >= 11 is 6.65. The molecule has 0 atom stereocenters. The Hall–Kier alpha value is -0.150. The second kappa shape index (κ2) is 9.74. The maximum atomic E-state index is 12.3. The Balaban J connectivity index is 3.74. The lowest BCUT2D eigenvalue weighted by Gasteiger charge is -2.01. The van der Waals surface area contributed by atoms with E-state index in [0.717, 1.165) is 23.5 Å². The van der Waals surface area contributed by atoms with Crippen molar-refractivity contribution in [3.8, 4) is 0 Å². The van der Waals surface area contributed by atoms with Crippen LogP contribution in [0, 0.1) is 0 Å². The smallest absolute Gasteiger partial charge is 0.206 e. The van der Waals surface area contributed by atoms with Crippen molar-refractivity contribution < 1.29 is 26.3 Å². The van der Waals surface area contributed by atoms with Gasteiger partial charge in [-0.05, 0) is 0 Å². The molecule has 104 valence electrons. The van der Waals surface area contributed by atoms with Gasteiger partial charge in [0.15, 0.2) is 11.7 Å². The fourth-order valence-electron chi connectivity index (χ4n) is 0.679. The molecule has 0 bridgehead atoms. The van der Waals surface area contributed by atoms with Crippen LogP contribution in [0.5, 0.6) is 0 Å².